The van der Waals surface area contributed by atoms with Gasteiger partial charge in [-0.1, -0.05) is 116 Å². The second-order valence-corrected chi connectivity index (χ2v) is 13.0. The Hall–Kier alpha value is -4.37. The largest absolute Gasteiger partial charge is 0.383 e. The van der Waals surface area contributed by atoms with Gasteiger partial charge in [-0.15, -0.1) is 0 Å². The van der Waals surface area contributed by atoms with Crippen LogP contribution in [0.2, 0.25) is 5.02 Å². The molecule has 4 aromatic carbocycles. The van der Waals surface area contributed by atoms with Gasteiger partial charge in [0.25, 0.3) is 0 Å². The van der Waals surface area contributed by atoms with Gasteiger partial charge in [0.1, 0.15) is 17.2 Å². The first-order valence-corrected chi connectivity index (χ1v) is 15.4. The van der Waals surface area contributed by atoms with E-state index in [9.17, 15) is 10.4 Å². The molecule has 1 fully saturated rings. The zero-order valence-corrected chi connectivity index (χ0v) is 26.1. The molecule has 0 amide bonds. The Balaban J connectivity index is 1.44. The lowest BCUT2D eigenvalue weighted by atomic mass is 9.66. The molecular formula is C38H37ClN4O. The summed E-state index contributed by atoms with van der Waals surface area (Å²) >= 11 is 6.42. The molecule has 6 heteroatoms. The van der Waals surface area contributed by atoms with Crippen LogP contribution in [0, 0.1) is 16.7 Å². The zero-order valence-electron chi connectivity index (χ0n) is 25.4. The van der Waals surface area contributed by atoms with E-state index < -0.39 is 11.1 Å². The predicted molar refractivity (Wildman–Crippen MR) is 177 cm³/mol. The zero-order chi connectivity index (χ0) is 31.0. The van der Waals surface area contributed by atoms with E-state index in [1.807, 2.05) is 49.9 Å². The fraction of sp³-hybridized carbons (Fsp3) is 0.263. The van der Waals surface area contributed by atoms with Gasteiger partial charge in [-0.3, -0.25) is 0 Å². The molecular weight excluding hydrogens is 564 g/mol. The van der Waals surface area contributed by atoms with Crippen LogP contribution in [0.1, 0.15) is 61.1 Å². The van der Waals surface area contributed by atoms with Gasteiger partial charge < -0.3 is 14.6 Å². The second-order valence-electron chi connectivity index (χ2n) is 12.6. The highest BCUT2D eigenvalue weighted by Gasteiger charge is 2.48. The summed E-state index contributed by atoms with van der Waals surface area (Å²) in [6.07, 6.45) is 5.83. The second kappa shape index (κ2) is 11.6. The van der Waals surface area contributed by atoms with Crippen LogP contribution >= 0.6 is 11.6 Å². The number of aromatic nitrogens is 2. The number of anilines is 1. The third-order valence-electron chi connectivity index (χ3n) is 9.59. The lowest BCUT2D eigenvalue weighted by Gasteiger charge is -2.50. The molecule has 0 saturated heterocycles. The Kier molecular flexibility index (Phi) is 7.84. The van der Waals surface area contributed by atoms with Crippen LogP contribution in [-0.2, 0) is 11.1 Å². The van der Waals surface area contributed by atoms with Crippen LogP contribution in [0.5, 0.6) is 0 Å². The van der Waals surface area contributed by atoms with Crippen molar-refractivity contribution < 1.29 is 5.11 Å². The van der Waals surface area contributed by atoms with Crippen LogP contribution in [0.15, 0.2) is 122 Å². The SMILES string of the molecule is CN(c1ccc(C#N)c(Cl)c1)C1CC(O)(c2cn(C(c3ccccc3)(c3ccccc3)c3ccccc3)cn2)CCC1(C)C. The fourth-order valence-corrected chi connectivity index (χ4v) is 7.23. The van der Waals surface area contributed by atoms with Gasteiger partial charge in [0.05, 0.1) is 22.6 Å². The number of halogens is 1. The van der Waals surface area contributed by atoms with Crippen molar-refractivity contribution in [2.45, 2.75) is 50.3 Å². The first-order valence-electron chi connectivity index (χ1n) is 15.1. The Morgan fingerprint density at radius 1 is 0.886 bits per heavy atom. The van der Waals surface area contributed by atoms with Gasteiger partial charge in [-0.2, -0.15) is 5.26 Å². The van der Waals surface area contributed by atoms with Crippen molar-refractivity contribution in [3.05, 3.63) is 155 Å². The van der Waals surface area contributed by atoms with E-state index in [1.165, 1.54) is 0 Å². The maximum atomic E-state index is 12.4. The first-order chi connectivity index (χ1) is 21.2. The van der Waals surface area contributed by atoms with Crippen molar-refractivity contribution in [2.24, 2.45) is 5.41 Å². The number of benzene rings is 4. The molecule has 1 aromatic heterocycles. The number of nitrogens with zero attached hydrogens (tertiary/aromatic N) is 4. The Morgan fingerprint density at radius 3 is 1.93 bits per heavy atom. The Bertz CT molecular complexity index is 1680. The first kappa shape index (κ1) is 29.7. The standard InChI is InChI=1S/C38H37ClN4O/c1-36(2)21-22-37(44,24-35(36)42(3)32-20-19-28(25-40)33(39)23-32)34-26-43(27-41-34)38(29-13-7-4-8-14-29,30-15-9-5-10-16-30)31-17-11-6-12-18-31/h4-20,23,26-27,35,44H,21-22,24H2,1-3H3. The molecule has 2 unspecified atom stereocenters. The molecule has 0 bridgehead atoms. The molecule has 6 rings (SSSR count). The minimum absolute atomic E-state index is 0.00229. The maximum absolute atomic E-state index is 12.4. The topological polar surface area (TPSA) is 65.1 Å². The van der Waals surface area contributed by atoms with E-state index in [2.05, 4.69) is 102 Å². The fourth-order valence-electron chi connectivity index (χ4n) is 7.01. The van der Waals surface area contributed by atoms with Gasteiger partial charge in [0, 0.05) is 31.4 Å². The van der Waals surface area contributed by atoms with Crippen molar-refractivity contribution in [3.8, 4) is 6.07 Å². The van der Waals surface area contributed by atoms with Gasteiger partial charge in [0.2, 0.25) is 0 Å². The molecule has 222 valence electrons. The van der Waals surface area contributed by atoms with Crippen molar-refractivity contribution in [1.82, 2.24) is 9.55 Å². The van der Waals surface area contributed by atoms with Gasteiger partial charge in [-0.25, -0.2) is 4.98 Å². The lowest BCUT2D eigenvalue weighted by molar-refractivity contribution is -0.0450. The third-order valence-corrected chi connectivity index (χ3v) is 9.90. The highest BCUT2D eigenvalue weighted by molar-refractivity contribution is 6.32. The van der Waals surface area contributed by atoms with E-state index in [1.54, 1.807) is 6.07 Å². The Morgan fingerprint density at radius 2 is 1.43 bits per heavy atom. The summed E-state index contributed by atoms with van der Waals surface area (Å²) in [6.45, 7) is 4.51. The molecule has 1 N–H and O–H groups in total. The van der Waals surface area contributed by atoms with Crippen LogP contribution < -0.4 is 4.90 Å². The highest BCUT2D eigenvalue weighted by Crippen LogP contribution is 2.49. The summed E-state index contributed by atoms with van der Waals surface area (Å²) in [4.78, 5) is 7.13. The van der Waals surface area contributed by atoms with E-state index in [4.69, 9.17) is 16.6 Å². The minimum atomic E-state index is -1.13. The third kappa shape index (κ3) is 5.09. The van der Waals surface area contributed by atoms with Crippen LogP contribution in [0.3, 0.4) is 0 Å². The number of hydrogen-bond acceptors (Lipinski definition) is 4. The van der Waals surface area contributed by atoms with Crippen molar-refractivity contribution in [2.75, 3.05) is 11.9 Å². The summed E-state index contributed by atoms with van der Waals surface area (Å²) in [5, 5.41) is 22.2. The quantitative estimate of drug-likeness (QED) is 0.191. The van der Waals surface area contributed by atoms with Gasteiger partial charge in [0.15, 0.2) is 0 Å². The number of nitriles is 1. The van der Waals surface area contributed by atoms with Gasteiger partial charge >= 0.3 is 0 Å². The molecule has 1 aliphatic rings. The number of aliphatic hydroxyl groups is 1. The molecule has 1 aliphatic carbocycles. The minimum Gasteiger partial charge on any atom is -0.383 e. The van der Waals surface area contributed by atoms with E-state index >= 15 is 0 Å². The molecule has 1 saturated carbocycles. The molecule has 1 heterocycles. The van der Waals surface area contributed by atoms with Crippen LogP contribution in [0.4, 0.5) is 5.69 Å². The smallest absolute Gasteiger partial charge is 0.121 e. The average molecular weight is 601 g/mol. The summed E-state index contributed by atoms with van der Waals surface area (Å²) in [7, 11) is 2.04. The highest BCUT2D eigenvalue weighted by atomic mass is 35.5. The van der Waals surface area contributed by atoms with E-state index in [0.717, 1.165) is 28.8 Å². The Labute approximate surface area is 265 Å². The predicted octanol–water partition coefficient (Wildman–Crippen LogP) is 8.15. The van der Waals surface area contributed by atoms with Crippen molar-refractivity contribution >= 4 is 17.3 Å². The molecule has 0 spiro atoms. The van der Waals surface area contributed by atoms with E-state index in [0.29, 0.717) is 29.1 Å². The maximum Gasteiger partial charge on any atom is 0.121 e. The van der Waals surface area contributed by atoms with Crippen molar-refractivity contribution in [3.63, 3.8) is 0 Å². The van der Waals surface area contributed by atoms with E-state index in [-0.39, 0.29) is 11.5 Å². The summed E-state index contributed by atoms with van der Waals surface area (Å²) < 4.78 is 2.17. The number of hydrogen-bond donors (Lipinski definition) is 1. The number of rotatable bonds is 7. The molecule has 2 atom stereocenters. The average Bonchev–Trinajstić information content (AvgIpc) is 3.55. The van der Waals surface area contributed by atoms with Crippen LogP contribution in [-0.4, -0.2) is 27.7 Å². The molecule has 0 aliphatic heterocycles. The normalized spacial score (nSPS) is 19.7. The summed E-state index contributed by atoms with van der Waals surface area (Å²) in [6, 6.07) is 39.1. The number of imidazole rings is 1. The lowest BCUT2D eigenvalue weighted by Crippen LogP contribution is -2.52. The van der Waals surface area contributed by atoms with Crippen molar-refractivity contribution in [1.29, 1.82) is 5.26 Å². The van der Waals surface area contributed by atoms with Gasteiger partial charge in [-0.05, 0) is 53.1 Å². The summed E-state index contributed by atoms with van der Waals surface area (Å²) in [5.74, 6) is 0. The van der Waals surface area contributed by atoms with Crippen LogP contribution in [0.25, 0.3) is 0 Å². The molecule has 5 nitrogen and oxygen atoms in total. The monoisotopic (exact) mass is 600 g/mol. The molecule has 5 aromatic rings. The molecule has 44 heavy (non-hydrogen) atoms. The summed E-state index contributed by atoms with van der Waals surface area (Å²) in [5.41, 5.74) is 3.43. The molecule has 0 radical (unpaired) electrons.